The van der Waals surface area contributed by atoms with Crippen LogP contribution in [0.2, 0.25) is 0 Å². The SMILES string of the molecule is CC(C)(C)c1cc(-c2nc(-c3cc(C(C)(C)C)cc(C(C)(C)C)c3)nc(-c3ccc(-n4c5ccccc5c5cc(C(C)(C)C)ccc54)c(-c4cc(-c5ccccc5)nc(-c5ccccc5)n4)c3)n2)cc(C(C)(C)C)c1. The van der Waals surface area contributed by atoms with Crippen LogP contribution in [0.1, 0.15) is 132 Å². The summed E-state index contributed by atoms with van der Waals surface area (Å²) in [6.07, 6.45) is 0. The quantitative estimate of drug-likeness (QED) is 0.159. The molecular weight excluding hydrogens is 913 g/mol. The van der Waals surface area contributed by atoms with E-state index in [4.69, 9.17) is 24.9 Å². The third-order valence-corrected chi connectivity index (χ3v) is 14.6. The molecule has 10 aromatic rings. The first-order valence-corrected chi connectivity index (χ1v) is 26.6. The van der Waals surface area contributed by atoms with Gasteiger partial charge in [-0.15, -0.1) is 0 Å². The number of aromatic nitrogens is 6. The van der Waals surface area contributed by atoms with Gasteiger partial charge in [-0.2, -0.15) is 0 Å². The van der Waals surface area contributed by atoms with Crippen molar-refractivity contribution in [1.29, 1.82) is 0 Å². The molecule has 6 heteroatoms. The zero-order valence-corrected chi connectivity index (χ0v) is 46.8. The van der Waals surface area contributed by atoms with Crippen molar-refractivity contribution in [2.45, 2.75) is 131 Å². The summed E-state index contributed by atoms with van der Waals surface area (Å²) >= 11 is 0. The molecule has 0 atom stereocenters. The van der Waals surface area contributed by atoms with Gasteiger partial charge in [0.05, 0.1) is 28.1 Å². The highest BCUT2D eigenvalue weighted by atomic mass is 15.0. The number of para-hydroxylation sites is 1. The summed E-state index contributed by atoms with van der Waals surface area (Å²) in [5, 5.41) is 2.40. The lowest BCUT2D eigenvalue weighted by Gasteiger charge is -2.26. The molecule has 3 aromatic heterocycles. The van der Waals surface area contributed by atoms with Gasteiger partial charge >= 0.3 is 0 Å². The molecule has 0 N–H and O–H groups in total. The Morgan fingerprint density at radius 1 is 0.280 bits per heavy atom. The maximum Gasteiger partial charge on any atom is 0.164 e. The van der Waals surface area contributed by atoms with Gasteiger partial charge in [-0.25, -0.2) is 24.9 Å². The highest BCUT2D eigenvalue weighted by molar-refractivity contribution is 6.10. The number of nitrogens with zero attached hydrogens (tertiary/aromatic N) is 6. The van der Waals surface area contributed by atoms with Crippen molar-refractivity contribution in [3.05, 3.63) is 192 Å². The molecule has 0 fully saturated rings. The Morgan fingerprint density at radius 3 is 1.21 bits per heavy atom. The molecule has 0 radical (unpaired) electrons. The van der Waals surface area contributed by atoms with Gasteiger partial charge in [0.25, 0.3) is 0 Å². The highest BCUT2D eigenvalue weighted by Crippen LogP contribution is 2.42. The lowest BCUT2D eigenvalue weighted by Crippen LogP contribution is -2.17. The first-order chi connectivity index (χ1) is 35.3. The van der Waals surface area contributed by atoms with E-state index in [1.807, 2.05) is 24.3 Å². The zero-order chi connectivity index (χ0) is 53.4. The lowest BCUT2D eigenvalue weighted by molar-refractivity contribution is 0.568. The van der Waals surface area contributed by atoms with Crippen LogP contribution in [-0.4, -0.2) is 29.5 Å². The molecule has 0 spiro atoms. The topological polar surface area (TPSA) is 69.4 Å². The van der Waals surface area contributed by atoms with Crippen LogP contribution >= 0.6 is 0 Å². The van der Waals surface area contributed by atoms with E-state index in [2.05, 4.69) is 248 Å². The van der Waals surface area contributed by atoms with Crippen LogP contribution in [0, 0.1) is 0 Å². The largest absolute Gasteiger partial charge is 0.309 e. The summed E-state index contributed by atoms with van der Waals surface area (Å²) in [5.41, 5.74) is 16.2. The third kappa shape index (κ3) is 10.3. The maximum absolute atomic E-state index is 5.52. The van der Waals surface area contributed by atoms with Gasteiger partial charge in [-0.05, 0) is 122 Å². The Bertz CT molecular complexity index is 3550. The molecule has 0 saturated heterocycles. The molecule has 10 rings (SSSR count). The van der Waals surface area contributed by atoms with Crippen molar-refractivity contribution in [2.24, 2.45) is 0 Å². The Kier molecular flexibility index (Phi) is 12.7. The first kappa shape index (κ1) is 50.9. The van der Waals surface area contributed by atoms with Crippen molar-refractivity contribution in [2.75, 3.05) is 0 Å². The minimum absolute atomic E-state index is 0.0279. The second-order valence-corrected chi connectivity index (χ2v) is 25.7. The minimum atomic E-state index is -0.113. The Hall–Kier alpha value is -7.57. The first-order valence-electron chi connectivity index (χ1n) is 26.6. The van der Waals surface area contributed by atoms with Gasteiger partial charge in [-0.1, -0.05) is 201 Å². The van der Waals surface area contributed by atoms with Crippen molar-refractivity contribution < 1.29 is 0 Å². The zero-order valence-electron chi connectivity index (χ0n) is 46.8. The summed E-state index contributed by atoms with van der Waals surface area (Å²) in [6, 6.07) is 59.0. The summed E-state index contributed by atoms with van der Waals surface area (Å²) in [7, 11) is 0. The summed E-state index contributed by atoms with van der Waals surface area (Å²) in [5.74, 6) is 2.49. The average Bonchev–Trinajstić information content (AvgIpc) is 3.71. The van der Waals surface area contributed by atoms with Gasteiger partial charge < -0.3 is 4.57 Å². The van der Waals surface area contributed by atoms with Crippen LogP contribution in [0.15, 0.2) is 164 Å². The molecule has 6 nitrogen and oxygen atoms in total. The monoisotopic (exact) mass is 985 g/mol. The second kappa shape index (κ2) is 18.7. The molecule has 3 heterocycles. The van der Waals surface area contributed by atoms with Crippen molar-refractivity contribution in [3.63, 3.8) is 0 Å². The van der Waals surface area contributed by atoms with E-state index in [0.29, 0.717) is 23.3 Å². The van der Waals surface area contributed by atoms with E-state index < -0.39 is 0 Å². The normalized spacial score (nSPS) is 12.7. The lowest BCUT2D eigenvalue weighted by atomic mass is 9.79. The van der Waals surface area contributed by atoms with Gasteiger partial charge in [0.2, 0.25) is 0 Å². The minimum Gasteiger partial charge on any atom is -0.309 e. The van der Waals surface area contributed by atoms with E-state index in [0.717, 1.165) is 61.5 Å². The Labute approximate surface area is 445 Å². The smallest absolute Gasteiger partial charge is 0.164 e. The predicted molar refractivity (Wildman–Crippen MR) is 316 cm³/mol. The van der Waals surface area contributed by atoms with E-state index >= 15 is 0 Å². The molecule has 0 unspecified atom stereocenters. The van der Waals surface area contributed by atoms with Crippen molar-refractivity contribution in [3.8, 4) is 73.8 Å². The fourth-order valence-electron chi connectivity index (χ4n) is 9.84. The van der Waals surface area contributed by atoms with E-state index in [1.165, 1.54) is 38.6 Å². The summed E-state index contributed by atoms with van der Waals surface area (Å²) in [4.78, 5) is 27.2. The number of hydrogen-bond acceptors (Lipinski definition) is 5. The molecule has 378 valence electrons. The average molecular weight is 985 g/mol. The Morgan fingerprint density at radius 2 is 0.707 bits per heavy atom. The molecule has 0 aliphatic carbocycles. The van der Waals surface area contributed by atoms with Crippen LogP contribution in [-0.2, 0) is 27.1 Å². The van der Waals surface area contributed by atoms with Gasteiger partial charge in [0.15, 0.2) is 23.3 Å². The van der Waals surface area contributed by atoms with E-state index in [1.54, 1.807) is 0 Å². The predicted octanol–water partition coefficient (Wildman–Crippen LogP) is 18.2. The van der Waals surface area contributed by atoms with Crippen LogP contribution in [0.25, 0.3) is 95.6 Å². The van der Waals surface area contributed by atoms with Crippen molar-refractivity contribution in [1.82, 2.24) is 29.5 Å². The van der Waals surface area contributed by atoms with Gasteiger partial charge in [0, 0.05) is 44.2 Å². The van der Waals surface area contributed by atoms with Gasteiger partial charge in [-0.3, -0.25) is 0 Å². The summed E-state index contributed by atoms with van der Waals surface area (Å²) in [6.45, 7) is 34.1. The second-order valence-electron chi connectivity index (χ2n) is 25.7. The van der Waals surface area contributed by atoms with Crippen LogP contribution in [0.5, 0.6) is 0 Å². The fourth-order valence-corrected chi connectivity index (χ4v) is 9.84. The molecule has 0 bridgehead atoms. The molecule has 7 aromatic carbocycles. The molecule has 0 amide bonds. The van der Waals surface area contributed by atoms with E-state index in [-0.39, 0.29) is 27.1 Å². The summed E-state index contributed by atoms with van der Waals surface area (Å²) < 4.78 is 2.41. The number of benzene rings is 7. The number of hydrogen-bond donors (Lipinski definition) is 0. The van der Waals surface area contributed by atoms with Crippen molar-refractivity contribution >= 4 is 21.8 Å². The molecule has 0 saturated carbocycles. The highest BCUT2D eigenvalue weighted by Gasteiger charge is 2.27. The van der Waals surface area contributed by atoms with Gasteiger partial charge in [0.1, 0.15) is 0 Å². The molecule has 75 heavy (non-hydrogen) atoms. The van der Waals surface area contributed by atoms with E-state index in [9.17, 15) is 0 Å². The fraction of sp³-hybridized carbons (Fsp3) is 0.290. The van der Waals surface area contributed by atoms with Crippen LogP contribution in [0.4, 0.5) is 0 Å². The molecule has 0 aliphatic heterocycles. The van der Waals surface area contributed by atoms with Crippen LogP contribution in [0.3, 0.4) is 0 Å². The molecule has 0 aliphatic rings. The maximum atomic E-state index is 5.52. The van der Waals surface area contributed by atoms with Crippen LogP contribution < -0.4 is 0 Å². The standard InChI is InChI=1S/C69H72N6/c1-65(2,3)48-31-33-59-54(41-48)53-28-22-23-29-58(53)75(59)60-32-30-45(38-55(60)57-42-56(43-24-18-16-19-25-43)70-61(71-57)44-26-20-17-21-27-44)62-72-63(46-34-49(66(4,5)6)39-50(35-46)67(7,8)9)74-64(73-62)47-36-51(68(10,11)12)40-52(37-47)69(13,14)15/h16-42H,1-15H3. The number of fused-ring (bicyclic) bond motifs is 3. The third-order valence-electron chi connectivity index (χ3n) is 14.6. The Balaban J connectivity index is 1.31. The molecular formula is C69H72N6. The number of rotatable bonds is 7.